The van der Waals surface area contributed by atoms with Crippen molar-refractivity contribution in [2.45, 2.75) is 51.1 Å². The van der Waals surface area contributed by atoms with Gasteiger partial charge in [-0.2, -0.15) is 13.2 Å². The molecule has 0 saturated carbocycles. The van der Waals surface area contributed by atoms with Gasteiger partial charge in [0.15, 0.2) is 5.13 Å². The van der Waals surface area contributed by atoms with Gasteiger partial charge in [0, 0.05) is 23.1 Å². The number of aryl methyl sites for hydroxylation is 3. The van der Waals surface area contributed by atoms with Crippen molar-refractivity contribution in [1.29, 1.82) is 0 Å². The van der Waals surface area contributed by atoms with Gasteiger partial charge >= 0.3 is 6.18 Å². The Labute approximate surface area is 171 Å². The van der Waals surface area contributed by atoms with E-state index in [9.17, 15) is 22.8 Å². The highest BCUT2D eigenvalue weighted by Gasteiger charge is 2.29. The number of thiazole rings is 1. The predicted molar refractivity (Wildman–Crippen MR) is 106 cm³/mol. The lowest BCUT2D eigenvalue weighted by Crippen LogP contribution is -2.16. The molecule has 0 aromatic carbocycles. The van der Waals surface area contributed by atoms with Crippen LogP contribution in [0.5, 0.6) is 0 Å². The van der Waals surface area contributed by atoms with E-state index in [1.165, 1.54) is 10.3 Å². The number of carbonyl (C=O) groups excluding carboxylic acids is 1. The number of aromatic amines is 1. The highest BCUT2D eigenvalue weighted by Crippen LogP contribution is 2.33. The summed E-state index contributed by atoms with van der Waals surface area (Å²) in [6, 6.07) is 0. The molecule has 0 fully saturated rings. The Morgan fingerprint density at radius 2 is 2.03 bits per heavy atom. The first-order chi connectivity index (χ1) is 13.8. The fourth-order valence-electron chi connectivity index (χ4n) is 3.39. The summed E-state index contributed by atoms with van der Waals surface area (Å²) < 4.78 is 37.1. The maximum atomic E-state index is 12.5. The largest absolute Gasteiger partial charge is 0.394 e. The van der Waals surface area contributed by atoms with Crippen LogP contribution in [0.3, 0.4) is 0 Å². The molecule has 0 atom stereocenters. The molecule has 0 unspecified atom stereocenters. The van der Waals surface area contributed by atoms with E-state index in [-0.39, 0.29) is 29.2 Å². The van der Waals surface area contributed by atoms with E-state index in [4.69, 9.17) is 0 Å². The molecular weight excluding hydrogens is 425 g/mol. The molecule has 6 nitrogen and oxygen atoms in total. The van der Waals surface area contributed by atoms with Gasteiger partial charge in [-0.15, -0.1) is 22.7 Å². The van der Waals surface area contributed by atoms with E-state index in [0.717, 1.165) is 42.6 Å². The number of aromatic nitrogens is 3. The van der Waals surface area contributed by atoms with E-state index >= 15 is 0 Å². The molecule has 0 saturated heterocycles. The molecule has 0 spiro atoms. The second-order valence-electron chi connectivity index (χ2n) is 6.89. The lowest BCUT2D eigenvalue weighted by molar-refractivity contribution is -0.127. The average molecular weight is 442 g/mol. The van der Waals surface area contributed by atoms with Crippen LogP contribution in [0, 0.1) is 0 Å². The molecule has 154 valence electrons. The third-order valence-corrected chi connectivity index (χ3v) is 6.63. The van der Waals surface area contributed by atoms with E-state index in [1.54, 1.807) is 11.3 Å². The topological polar surface area (TPSA) is 87.7 Å². The van der Waals surface area contributed by atoms with Crippen LogP contribution in [-0.4, -0.2) is 27.0 Å². The van der Waals surface area contributed by atoms with Crippen LogP contribution in [0.4, 0.5) is 18.3 Å². The monoisotopic (exact) mass is 442 g/mol. The summed E-state index contributed by atoms with van der Waals surface area (Å²) >= 11 is 2.49. The SMILES string of the molecule is O=C(CCc1nc2sc3c(c2c(=O)[nH]1)CCCC3)Nc1nc(CC(F)(F)F)cs1. The Morgan fingerprint density at radius 1 is 1.24 bits per heavy atom. The van der Waals surface area contributed by atoms with Crippen LogP contribution in [0.1, 0.15) is 41.2 Å². The minimum absolute atomic E-state index is 0.0354. The minimum Gasteiger partial charge on any atom is -0.310 e. The van der Waals surface area contributed by atoms with Crippen LogP contribution in [0.25, 0.3) is 10.2 Å². The van der Waals surface area contributed by atoms with Crippen molar-refractivity contribution in [2.75, 3.05) is 5.32 Å². The van der Waals surface area contributed by atoms with Crippen LogP contribution < -0.4 is 10.9 Å². The van der Waals surface area contributed by atoms with Crippen molar-refractivity contribution in [3.63, 3.8) is 0 Å². The average Bonchev–Trinajstić information content (AvgIpc) is 3.22. The number of halogens is 3. The zero-order valence-corrected chi connectivity index (χ0v) is 16.8. The third-order valence-electron chi connectivity index (χ3n) is 4.64. The van der Waals surface area contributed by atoms with Crippen LogP contribution >= 0.6 is 22.7 Å². The summed E-state index contributed by atoms with van der Waals surface area (Å²) in [7, 11) is 0. The number of hydrogen-bond donors (Lipinski definition) is 2. The first-order valence-electron chi connectivity index (χ1n) is 9.13. The number of H-pyrrole nitrogens is 1. The number of nitrogens with one attached hydrogen (secondary N) is 2. The highest BCUT2D eigenvalue weighted by atomic mass is 32.1. The zero-order chi connectivity index (χ0) is 20.6. The first kappa shape index (κ1) is 20.0. The number of hydrogen-bond acceptors (Lipinski definition) is 6. The van der Waals surface area contributed by atoms with Crippen molar-refractivity contribution >= 4 is 43.9 Å². The Hall–Kier alpha value is -2.27. The maximum absolute atomic E-state index is 12.5. The first-order valence-corrected chi connectivity index (χ1v) is 10.8. The molecule has 3 aromatic heterocycles. The number of carbonyl (C=O) groups is 1. The summed E-state index contributed by atoms with van der Waals surface area (Å²) in [5.41, 5.74) is 0.796. The maximum Gasteiger partial charge on any atom is 0.394 e. The van der Waals surface area contributed by atoms with E-state index in [1.807, 2.05) is 0 Å². The summed E-state index contributed by atoms with van der Waals surface area (Å²) in [6.07, 6.45) is -1.16. The molecule has 29 heavy (non-hydrogen) atoms. The summed E-state index contributed by atoms with van der Waals surface area (Å²) in [5, 5.41) is 4.55. The number of fused-ring (bicyclic) bond motifs is 3. The van der Waals surface area contributed by atoms with Gasteiger partial charge in [0.2, 0.25) is 5.91 Å². The van der Waals surface area contributed by atoms with E-state index in [0.29, 0.717) is 16.0 Å². The smallest absolute Gasteiger partial charge is 0.310 e. The molecule has 3 aromatic rings. The summed E-state index contributed by atoms with van der Waals surface area (Å²) in [5.74, 6) is 0.0271. The number of anilines is 1. The van der Waals surface area contributed by atoms with E-state index < -0.39 is 18.5 Å². The van der Waals surface area contributed by atoms with Gasteiger partial charge in [-0.25, -0.2) is 9.97 Å². The van der Waals surface area contributed by atoms with Gasteiger partial charge in [0.25, 0.3) is 5.56 Å². The summed E-state index contributed by atoms with van der Waals surface area (Å²) in [6.45, 7) is 0. The number of thiophene rings is 1. The summed E-state index contributed by atoms with van der Waals surface area (Å²) in [4.78, 5) is 37.6. The molecule has 3 heterocycles. The molecule has 4 rings (SSSR count). The normalized spacial score (nSPS) is 14.2. The zero-order valence-electron chi connectivity index (χ0n) is 15.2. The van der Waals surface area contributed by atoms with Crippen molar-refractivity contribution < 1.29 is 18.0 Å². The number of amides is 1. The highest BCUT2D eigenvalue weighted by molar-refractivity contribution is 7.18. The van der Waals surface area contributed by atoms with Crippen molar-refractivity contribution in [2.24, 2.45) is 0 Å². The third kappa shape index (κ3) is 4.67. The Morgan fingerprint density at radius 3 is 2.83 bits per heavy atom. The van der Waals surface area contributed by atoms with Crippen LogP contribution in [0.2, 0.25) is 0 Å². The fourth-order valence-corrected chi connectivity index (χ4v) is 5.40. The van der Waals surface area contributed by atoms with E-state index in [2.05, 4.69) is 20.3 Å². The van der Waals surface area contributed by atoms with Gasteiger partial charge in [-0.05, 0) is 31.2 Å². The molecule has 11 heteroatoms. The number of nitrogens with zero attached hydrogens (tertiary/aromatic N) is 2. The fraction of sp³-hybridized carbons (Fsp3) is 0.444. The quantitative estimate of drug-likeness (QED) is 0.625. The molecule has 0 aliphatic heterocycles. The van der Waals surface area contributed by atoms with Gasteiger partial charge in [-0.3, -0.25) is 9.59 Å². The molecule has 2 N–H and O–H groups in total. The minimum atomic E-state index is -4.34. The van der Waals surface area contributed by atoms with Crippen LogP contribution in [0.15, 0.2) is 10.2 Å². The lowest BCUT2D eigenvalue weighted by Gasteiger charge is -2.09. The standard InChI is InChI=1S/C18H17F3N4O2S2/c19-18(20,21)7-9-8-28-17(22-9)25-13(26)6-5-12-23-15(27)14-10-3-1-2-4-11(10)29-16(14)24-12/h8H,1-7H2,(H,22,25,26)(H,23,24,27). The molecule has 1 aliphatic rings. The van der Waals surface area contributed by atoms with Crippen molar-refractivity contribution in [1.82, 2.24) is 15.0 Å². The Balaban J connectivity index is 1.40. The molecule has 1 aliphatic carbocycles. The van der Waals surface area contributed by atoms with Crippen molar-refractivity contribution in [3.05, 3.63) is 37.7 Å². The molecular formula is C18H17F3N4O2S2. The van der Waals surface area contributed by atoms with Crippen molar-refractivity contribution in [3.8, 4) is 0 Å². The second-order valence-corrected chi connectivity index (χ2v) is 8.83. The van der Waals surface area contributed by atoms with Gasteiger partial charge < -0.3 is 10.3 Å². The lowest BCUT2D eigenvalue weighted by atomic mass is 9.97. The van der Waals surface area contributed by atoms with Gasteiger partial charge in [-0.1, -0.05) is 0 Å². The Bertz CT molecular complexity index is 1120. The van der Waals surface area contributed by atoms with Gasteiger partial charge in [0.05, 0.1) is 17.5 Å². The molecule has 1 amide bonds. The predicted octanol–water partition coefficient (Wildman–Crippen LogP) is 4.00. The van der Waals surface area contributed by atoms with Crippen LogP contribution in [-0.2, 0) is 30.5 Å². The Kier molecular flexibility index (Phi) is 5.43. The second kappa shape index (κ2) is 7.86. The molecule has 0 bridgehead atoms. The van der Waals surface area contributed by atoms with Gasteiger partial charge in [0.1, 0.15) is 10.7 Å². The number of alkyl halides is 3. The molecule has 0 radical (unpaired) electrons. The number of rotatable bonds is 5.